The van der Waals surface area contributed by atoms with E-state index in [1.165, 1.54) is 4.90 Å². The Bertz CT molecular complexity index is 1100. The minimum Gasteiger partial charge on any atom is -0.489 e. The fourth-order valence-corrected chi connectivity index (χ4v) is 5.06. The number of amides is 1. The third kappa shape index (κ3) is 5.78. The summed E-state index contributed by atoms with van der Waals surface area (Å²) < 4.78 is 5.96. The minimum absolute atomic E-state index is 0.0385. The van der Waals surface area contributed by atoms with Gasteiger partial charge in [0.2, 0.25) is 0 Å². The molecule has 8 heteroatoms. The fraction of sp³-hybridized carbons (Fsp3) is 0.320. The average molecular weight is 504 g/mol. The van der Waals surface area contributed by atoms with Crippen LogP contribution in [0.4, 0.5) is 0 Å². The van der Waals surface area contributed by atoms with Gasteiger partial charge in [0.25, 0.3) is 5.91 Å². The van der Waals surface area contributed by atoms with Gasteiger partial charge in [0.05, 0.1) is 16.0 Å². The molecule has 2 aromatic rings. The van der Waals surface area contributed by atoms with Gasteiger partial charge in [0, 0.05) is 0 Å². The van der Waals surface area contributed by atoms with Crippen molar-refractivity contribution in [2.24, 2.45) is 5.92 Å². The molecule has 2 aromatic carbocycles. The number of benzene rings is 2. The van der Waals surface area contributed by atoms with Gasteiger partial charge in [-0.15, -0.1) is 0 Å². The normalized spacial score (nSPS) is 17.0. The van der Waals surface area contributed by atoms with Crippen molar-refractivity contribution in [2.45, 2.75) is 46.3 Å². The van der Waals surface area contributed by atoms with Crippen LogP contribution in [-0.4, -0.2) is 38.3 Å². The molecule has 1 saturated heterocycles. The molecule has 33 heavy (non-hydrogen) atoms. The predicted octanol–water partition coefficient (Wildman–Crippen LogP) is 6.49. The number of thioether (sulfide) groups is 1. The fourth-order valence-electron chi connectivity index (χ4n) is 3.50. The van der Waals surface area contributed by atoms with Gasteiger partial charge in [0.15, 0.2) is 0 Å². The quantitative estimate of drug-likeness (QED) is 0.328. The molecule has 1 fully saturated rings. The number of aliphatic carboxylic acids is 1. The maximum absolute atomic E-state index is 13.0. The highest BCUT2D eigenvalue weighted by molar-refractivity contribution is 8.26. The summed E-state index contributed by atoms with van der Waals surface area (Å²) in [5, 5.41) is 10.2. The van der Waals surface area contributed by atoms with E-state index in [2.05, 4.69) is 0 Å². The van der Waals surface area contributed by atoms with Crippen LogP contribution in [0.25, 0.3) is 17.2 Å². The smallest absolute Gasteiger partial charge is 0.327 e. The number of ether oxygens (including phenoxy) is 1. The molecule has 5 nitrogen and oxygen atoms in total. The van der Waals surface area contributed by atoms with E-state index in [1.54, 1.807) is 6.08 Å². The maximum atomic E-state index is 13.0. The van der Waals surface area contributed by atoms with Gasteiger partial charge < -0.3 is 9.84 Å². The lowest BCUT2D eigenvalue weighted by atomic mass is 9.98. The van der Waals surface area contributed by atoms with Crippen LogP contribution in [0, 0.1) is 5.92 Å². The first-order valence-corrected chi connectivity index (χ1v) is 12.3. The van der Waals surface area contributed by atoms with Crippen LogP contribution in [0.3, 0.4) is 0 Å². The molecule has 1 heterocycles. The monoisotopic (exact) mass is 503 g/mol. The van der Waals surface area contributed by atoms with Crippen molar-refractivity contribution >= 4 is 57.9 Å². The summed E-state index contributed by atoms with van der Waals surface area (Å²) in [5.41, 5.74) is 2.74. The Morgan fingerprint density at radius 1 is 1.18 bits per heavy atom. The molecule has 0 spiro atoms. The zero-order chi connectivity index (χ0) is 24.3. The first-order valence-electron chi connectivity index (χ1n) is 10.7. The molecule has 1 aliphatic heterocycles. The zero-order valence-electron chi connectivity index (χ0n) is 18.9. The number of carboxylic acid groups (broad SMARTS) is 1. The van der Waals surface area contributed by atoms with Crippen molar-refractivity contribution in [2.75, 3.05) is 0 Å². The third-order valence-electron chi connectivity index (χ3n) is 5.37. The standard InChI is InChI=1S/C25H26ClNO4S2/c1-5-15(4)22(24(29)30)27-23(28)21(33-25(27)32)12-16-6-8-17(9-7-16)18-10-11-20(19(26)13-18)31-14(2)3/h6-15,22H,5H2,1-4H3,(H,29,30)/b21-12-/t15-,22+/m1/s1. The molecular weight excluding hydrogens is 478 g/mol. The van der Waals surface area contributed by atoms with E-state index in [0.717, 1.165) is 28.5 Å². The lowest BCUT2D eigenvalue weighted by Gasteiger charge is -2.27. The van der Waals surface area contributed by atoms with E-state index in [0.29, 0.717) is 22.1 Å². The maximum Gasteiger partial charge on any atom is 0.327 e. The summed E-state index contributed by atoms with van der Waals surface area (Å²) in [6, 6.07) is 12.4. The highest BCUT2D eigenvalue weighted by atomic mass is 35.5. The van der Waals surface area contributed by atoms with Crippen molar-refractivity contribution < 1.29 is 19.4 Å². The molecule has 0 saturated carbocycles. The Balaban J connectivity index is 1.81. The number of thiocarbonyl (C=S) groups is 1. The number of carbonyl (C=O) groups excluding carboxylic acids is 1. The van der Waals surface area contributed by atoms with Crippen LogP contribution in [0.5, 0.6) is 5.75 Å². The summed E-state index contributed by atoms with van der Waals surface area (Å²) in [4.78, 5) is 26.4. The van der Waals surface area contributed by atoms with Gasteiger partial charge in [-0.3, -0.25) is 9.69 Å². The van der Waals surface area contributed by atoms with Crippen molar-refractivity contribution in [3.8, 4) is 16.9 Å². The second kappa shape index (κ2) is 10.7. The molecule has 0 aromatic heterocycles. The lowest BCUT2D eigenvalue weighted by molar-refractivity contribution is -0.147. The molecule has 0 unspecified atom stereocenters. The predicted molar refractivity (Wildman–Crippen MR) is 139 cm³/mol. The number of hydrogen-bond donors (Lipinski definition) is 1. The average Bonchev–Trinajstić information content (AvgIpc) is 3.03. The van der Waals surface area contributed by atoms with E-state index in [4.69, 9.17) is 28.6 Å². The lowest BCUT2D eigenvalue weighted by Crippen LogP contribution is -2.47. The molecule has 174 valence electrons. The molecule has 3 rings (SSSR count). The summed E-state index contributed by atoms with van der Waals surface area (Å²) in [5.74, 6) is -0.983. The van der Waals surface area contributed by atoms with E-state index in [1.807, 2.05) is 70.2 Å². The first-order chi connectivity index (χ1) is 15.6. The Morgan fingerprint density at radius 2 is 1.82 bits per heavy atom. The number of halogens is 1. The van der Waals surface area contributed by atoms with Gasteiger partial charge in [-0.05, 0) is 54.7 Å². The summed E-state index contributed by atoms with van der Waals surface area (Å²) >= 11 is 12.8. The second-order valence-electron chi connectivity index (χ2n) is 8.15. The Morgan fingerprint density at radius 3 is 2.36 bits per heavy atom. The topological polar surface area (TPSA) is 66.8 Å². The molecular formula is C25H26ClNO4S2. The van der Waals surface area contributed by atoms with E-state index in [-0.39, 0.29) is 22.2 Å². The SMILES string of the molecule is CC[C@@H](C)[C@@H](C(=O)O)N1C(=O)/C(=C/c2ccc(-c3ccc(OC(C)C)c(Cl)c3)cc2)SC1=S. The largest absolute Gasteiger partial charge is 0.489 e. The molecule has 2 atom stereocenters. The molecule has 1 amide bonds. The second-order valence-corrected chi connectivity index (χ2v) is 10.2. The van der Waals surface area contributed by atoms with Crippen molar-refractivity contribution in [3.05, 3.63) is 58.0 Å². The van der Waals surface area contributed by atoms with E-state index in [9.17, 15) is 14.7 Å². The summed E-state index contributed by atoms with van der Waals surface area (Å²) in [6.45, 7) is 7.60. The van der Waals surface area contributed by atoms with Gasteiger partial charge in [-0.1, -0.05) is 86.2 Å². The number of carbonyl (C=O) groups is 2. The van der Waals surface area contributed by atoms with Crippen molar-refractivity contribution in [3.63, 3.8) is 0 Å². The number of carboxylic acids is 1. The first kappa shape index (κ1) is 25.3. The number of nitrogens with zero attached hydrogens (tertiary/aromatic N) is 1. The molecule has 0 bridgehead atoms. The van der Waals surface area contributed by atoms with E-state index < -0.39 is 12.0 Å². The minimum atomic E-state index is -1.05. The number of rotatable bonds is 8. The highest BCUT2D eigenvalue weighted by Crippen LogP contribution is 2.36. The Hall–Kier alpha value is -2.35. The third-order valence-corrected chi connectivity index (χ3v) is 7.00. The molecule has 1 N–H and O–H groups in total. The van der Waals surface area contributed by atoms with Gasteiger partial charge >= 0.3 is 5.97 Å². The Kier molecular flexibility index (Phi) is 8.21. The highest BCUT2D eigenvalue weighted by Gasteiger charge is 2.42. The summed E-state index contributed by atoms with van der Waals surface area (Å²) in [6.07, 6.45) is 2.41. The van der Waals surface area contributed by atoms with Crippen LogP contribution in [0.1, 0.15) is 39.7 Å². The van der Waals surface area contributed by atoms with Crippen LogP contribution in [0.2, 0.25) is 5.02 Å². The van der Waals surface area contributed by atoms with Crippen molar-refractivity contribution in [1.82, 2.24) is 4.90 Å². The van der Waals surface area contributed by atoms with Crippen LogP contribution >= 0.6 is 35.6 Å². The van der Waals surface area contributed by atoms with E-state index >= 15 is 0 Å². The van der Waals surface area contributed by atoms with Crippen LogP contribution in [0.15, 0.2) is 47.4 Å². The van der Waals surface area contributed by atoms with Crippen molar-refractivity contribution in [1.29, 1.82) is 0 Å². The zero-order valence-corrected chi connectivity index (χ0v) is 21.3. The molecule has 0 aliphatic carbocycles. The molecule has 0 radical (unpaired) electrons. The Labute approximate surface area is 208 Å². The van der Waals surface area contributed by atoms with Crippen LogP contribution in [-0.2, 0) is 9.59 Å². The molecule has 1 aliphatic rings. The van der Waals surface area contributed by atoms with Gasteiger partial charge in [-0.2, -0.15) is 0 Å². The van der Waals surface area contributed by atoms with Crippen LogP contribution < -0.4 is 4.74 Å². The van der Waals surface area contributed by atoms with Gasteiger partial charge in [-0.25, -0.2) is 4.79 Å². The number of hydrogen-bond acceptors (Lipinski definition) is 5. The van der Waals surface area contributed by atoms with Gasteiger partial charge in [0.1, 0.15) is 16.1 Å². The summed E-state index contributed by atoms with van der Waals surface area (Å²) in [7, 11) is 0.